The number of aliphatic hydroxyl groups is 1. The number of methoxy groups -OCH3 is 1. The summed E-state index contributed by atoms with van der Waals surface area (Å²) in [6.45, 7) is 8.67. The third kappa shape index (κ3) is 4.92. The van der Waals surface area contributed by atoms with Crippen LogP contribution in [0.25, 0.3) is 0 Å². The first kappa shape index (κ1) is 14.9. The van der Waals surface area contributed by atoms with Gasteiger partial charge in [0.2, 0.25) is 0 Å². The van der Waals surface area contributed by atoms with Crippen LogP contribution in [-0.4, -0.2) is 61.5 Å². The van der Waals surface area contributed by atoms with Crippen LogP contribution in [0, 0.1) is 0 Å². The van der Waals surface area contributed by atoms with Crippen molar-refractivity contribution in [3.8, 4) is 0 Å². The maximum atomic E-state index is 10.6. The fraction of sp³-hybridized carbons (Fsp3) is 1.00. The molecule has 0 aromatic carbocycles. The van der Waals surface area contributed by atoms with E-state index in [0.29, 0.717) is 6.04 Å². The fourth-order valence-electron chi connectivity index (χ4n) is 2.35. The van der Waals surface area contributed by atoms with Gasteiger partial charge in [0.05, 0.1) is 12.2 Å². The lowest BCUT2D eigenvalue weighted by atomic mass is 9.91. The Hall–Kier alpha value is -0.160. The van der Waals surface area contributed by atoms with E-state index >= 15 is 0 Å². The first-order chi connectivity index (χ1) is 8.11. The van der Waals surface area contributed by atoms with Crippen LogP contribution < -0.4 is 5.32 Å². The van der Waals surface area contributed by atoms with E-state index in [2.05, 4.69) is 24.1 Å². The van der Waals surface area contributed by atoms with Gasteiger partial charge in [0.15, 0.2) is 0 Å². The molecule has 0 radical (unpaired) electrons. The van der Waals surface area contributed by atoms with E-state index in [-0.39, 0.29) is 0 Å². The van der Waals surface area contributed by atoms with E-state index in [9.17, 15) is 5.11 Å². The molecule has 0 spiro atoms. The maximum absolute atomic E-state index is 10.6. The highest BCUT2D eigenvalue weighted by Gasteiger charge is 2.32. The number of ether oxygens (including phenoxy) is 1. The van der Waals surface area contributed by atoms with Crippen molar-refractivity contribution >= 4 is 0 Å². The Labute approximate surface area is 105 Å². The number of hydrogen-bond donors (Lipinski definition) is 2. The molecule has 102 valence electrons. The zero-order chi connectivity index (χ0) is 12.7. The van der Waals surface area contributed by atoms with Crippen LogP contribution in [0.5, 0.6) is 0 Å². The van der Waals surface area contributed by atoms with Gasteiger partial charge in [-0.3, -0.25) is 4.90 Å². The SMILES string of the molecule is CCC(C)N(CCOC)CC1(O)CCNCC1. The summed E-state index contributed by atoms with van der Waals surface area (Å²) in [5.41, 5.74) is -0.511. The zero-order valence-corrected chi connectivity index (χ0v) is 11.5. The molecule has 4 nitrogen and oxygen atoms in total. The molecule has 1 aliphatic heterocycles. The predicted molar refractivity (Wildman–Crippen MR) is 70.3 cm³/mol. The van der Waals surface area contributed by atoms with Crippen molar-refractivity contribution in [1.29, 1.82) is 0 Å². The standard InChI is InChI=1S/C13H28N2O2/c1-4-12(2)15(9-10-17-3)11-13(16)5-7-14-8-6-13/h12,14,16H,4-11H2,1-3H3. The van der Waals surface area contributed by atoms with E-state index < -0.39 is 5.60 Å². The molecule has 0 amide bonds. The van der Waals surface area contributed by atoms with Gasteiger partial charge in [0.1, 0.15) is 0 Å². The van der Waals surface area contributed by atoms with Crippen molar-refractivity contribution < 1.29 is 9.84 Å². The van der Waals surface area contributed by atoms with Gasteiger partial charge < -0.3 is 15.2 Å². The highest BCUT2D eigenvalue weighted by atomic mass is 16.5. The fourth-order valence-corrected chi connectivity index (χ4v) is 2.35. The Morgan fingerprint density at radius 1 is 1.41 bits per heavy atom. The molecular formula is C13H28N2O2. The minimum Gasteiger partial charge on any atom is -0.388 e. The van der Waals surface area contributed by atoms with Gasteiger partial charge in [0.25, 0.3) is 0 Å². The molecule has 17 heavy (non-hydrogen) atoms. The normalized spacial score (nSPS) is 21.7. The number of rotatable bonds is 7. The first-order valence-electron chi connectivity index (χ1n) is 6.77. The monoisotopic (exact) mass is 244 g/mol. The first-order valence-corrected chi connectivity index (χ1v) is 6.77. The van der Waals surface area contributed by atoms with Gasteiger partial charge in [-0.25, -0.2) is 0 Å². The lowest BCUT2D eigenvalue weighted by molar-refractivity contribution is -0.0343. The summed E-state index contributed by atoms with van der Waals surface area (Å²) in [5.74, 6) is 0. The lowest BCUT2D eigenvalue weighted by Crippen LogP contribution is -2.52. The largest absolute Gasteiger partial charge is 0.388 e. The van der Waals surface area contributed by atoms with E-state index in [4.69, 9.17) is 4.74 Å². The van der Waals surface area contributed by atoms with Crippen LogP contribution in [0.3, 0.4) is 0 Å². The van der Waals surface area contributed by atoms with Crippen LogP contribution in [0.4, 0.5) is 0 Å². The second kappa shape index (κ2) is 7.31. The Kier molecular flexibility index (Phi) is 6.41. The van der Waals surface area contributed by atoms with Crippen molar-refractivity contribution in [2.75, 3.05) is 39.9 Å². The Morgan fingerprint density at radius 3 is 2.59 bits per heavy atom. The quantitative estimate of drug-likeness (QED) is 0.697. The van der Waals surface area contributed by atoms with Crippen molar-refractivity contribution in [2.24, 2.45) is 0 Å². The summed E-state index contributed by atoms with van der Waals surface area (Å²) in [5, 5.41) is 13.9. The minimum atomic E-state index is -0.511. The Balaban J connectivity index is 2.50. The molecule has 2 N–H and O–H groups in total. The maximum Gasteiger partial charge on any atom is 0.0798 e. The Morgan fingerprint density at radius 2 is 2.06 bits per heavy atom. The average Bonchev–Trinajstić information content (AvgIpc) is 2.34. The summed E-state index contributed by atoms with van der Waals surface area (Å²) in [6, 6.07) is 0.504. The molecular weight excluding hydrogens is 216 g/mol. The smallest absolute Gasteiger partial charge is 0.0798 e. The van der Waals surface area contributed by atoms with E-state index in [1.807, 2.05) is 0 Å². The summed E-state index contributed by atoms with van der Waals surface area (Å²) in [6.07, 6.45) is 2.82. The molecule has 1 fully saturated rings. The Bertz CT molecular complexity index is 206. The highest BCUT2D eigenvalue weighted by molar-refractivity contribution is 4.88. The van der Waals surface area contributed by atoms with Gasteiger partial charge >= 0.3 is 0 Å². The molecule has 0 aromatic heterocycles. The molecule has 4 heteroatoms. The second-order valence-corrected chi connectivity index (χ2v) is 5.19. The molecule has 0 bridgehead atoms. The summed E-state index contributed by atoms with van der Waals surface area (Å²) in [4.78, 5) is 2.36. The molecule has 0 saturated carbocycles. The number of nitrogens with zero attached hydrogens (tertiary/aromatic N) is 1. The van der Waals surface area contributed by atoms with Crippen molar-refractivity contribution in [1.82, 2.24) is 10.2 Å². The number of hydrogen-bond acceptors (Lipinski definition) is 4. The van der Waals surface area contributed by atoms with Crippen molar-refractivity contribution in [2.45, 2.75) is 44.8 Å². The molecule has 0 aromatic rings. The topological polar surface area (TPSA) is 44.7 Å². The molecule has 1 rings (SSSR count). The van der Waals surface area contributed by atoms with E-state index in [0.717, 1.165) is 52.0 Å². The molecule has 1 atom stereocenters. The number of nitrogens with one attached hydrogen (secondary N) is 1. The molecule has 1 unspecified atom stereocenters. The summed E-state index contributed by atoms with van der Waals surface area (Å²) < 4.78 is 5.15. The zero-order valence-electron chi connectivity index (χ0n) is 11.5. The van der Waals surface area contributed by atoms with Crippen LogP contribution in [0.1, 0.15) is 33.1 Å². The second-order valence-electron chi connectivity index (χ2n) is 5.19. The van der Waals surface area contributed by atoms with Gasteiger partial charge in [-0.05, 0) is 39.3 Å². The van der Waals surface area contributed by atoms with Gasteiger partial charge in [0, 0.05) is 26.2 Å². The van der Waals surface area contributed by atoms with Crippen molar-refractivity contribution in [3.05, 3.63) is 0 Å². The molecule has 0 aliphatic carbocycles. The van der Waals surface area contributed by atoms with Gasteiger partial charge in [-0.2, -0.15) is 0 Å². The van der Waals surface area contributed by atoms with Crippen LogP contribution >= 0.6 is 0 Å². The van der Waals surface area contributed by atoms with E-state index in [1.165, 1.54) is 0 Å². The summed E-state index contributed by atoms with van der Waals surface area (Å²) in [7, 11) is 1.73. The average molecular weight is 244 g/mol. The number of piperidine rings is 1. The highest BCUT2D eigenvalue weighted by Crippen LogP contribution is 2.21. The van der Waals surface area contributed by atoms with E-state index in [1.54, 1.807) is 7.11 Å². The predicted octanol–water partition coefficient (Wildman–Crippen LogP) is 0.848. The van der Waals surface area contributed by atoms with Gasteiger partial charge in [-0.15, -0.1) is 0 Å². The van der Waals surface area contributed by atoms with Crippen LogP contribution in [0.2, 0.25) is 0 Å². The third-order valence-electron chi connectivity index (χ3n) is 3.83. The molecule has 1 heterocycles. The third-order valence-corrected chi connectivity index (χ3v) is 3.83. The van der Waals surface area contributed by atoms with Crippen LogP contribution in [-0.2, 0) is 4.74 Å². The molecule has 1 saturated heterocycles. The molecule has 1 aliphatic rings. The van der Waals surface area contributed by atoms with Crippen LogP contribution in [0.15, 0.2) is 0 Å². The van der Waals surface area contributed by atoms with Crippen molar-refractivity contribution in [3.63, 3.8) is 0 Å². The minimum absolute atomic E-state index is 0.504. The van der Waals surface area contributed by atoms with Gasteiger partial charge in [-0.1, -0.05) is 6.92 Å². The summed E-state index contributed by atoms with van der Waals surface area (Å²) >= 11 is 0. The lowest BCUT2D eigenvalue weighted by Gasteiger charge is -2.39.